The van der Waals surface area contributed by atoms with Gasteiger partial charge in [-0.15, -0.1) is 10.2 Å². The molecule has 2 heterocycles. The summed E-state index contributed by atoms with van der Waals surface area (Å²) < 4.78 is 16.4. The molecule has 0 aliphatic carbocycles. The molecule has 1 aliphatic rings. The highest BCUT2D eigenvalue weighted by molar-refractivity contribution is 6.30. The molecule has 7 nitrogen and oxygen atoms in total. The average molecular weight is 414 g/mol. The summed E-state index contributed by atoms with van der Waals surface area (Å²) in [5, 5.41) is 8.97. The summed E-state index contributed by atoms with van der Waals surface area (Å²) in [4.78, 5) is 14.7. The first kappa shape index (κ1) is 19.3. The van der Waals surface area contributed by atoms with Crippen LogP contribution in [0.25, 0.3) is 11.5 Å². The number of methoxy groups -OCH3 is 2. The van der Waals surface area contributed by atoms with E-state index in [0.29, 0.717) is 47.0 Å². The standard InChI is InChI=1S/C21H20ClN3O4/c1-27-17-8-5-14(11-18(17)28-2)21(26)25-10-9-15(12-25)20-24-23-19(29-20)13-3-6-16(22)7-4-13/h3-8,11,15H,9-10,12H2,1-2H3. The molecule has 2 aromatic carbocycles. The fourth-order valence-corrected chi connectivity index (χ4v) is 3.53. The van der Waals surface area contributed by atoms with Crippen LogP contribution in [0.2, 0.25) is 5.02 Å². The van der Waals surface area contributed by atoms with Crippen molar-refractivity contribution in [3.63, 3.8) is 0 Å². The Morgan fingerprint density at radius 1 is 1.10 bits per heavy atom. The van der Waals surface area contributed by atoms with Gasteiger partial charge in [0.2, 0.25) is 11.8 Å². The zero-order chi connectivity index (χ0) is 20.4. The van der Waals surface area contributed by atoms with Crippen LogP contribution in [0.3, 0.4) is 0 Å². The van der Waals surface area contributed by atoms with Gasteiger partial charge in [-0.2, -0.15) is 0 Å². The monoisotopic (exact) mass is 413 g/mol. The highest BCUT2D eigenvalue weighted by Crippen LogP contribution is 2.32. The lowest BCUT2D eigenvalue weighted by atomic mass is 10.1. The minimum atomic E-state index is -0.0640. The Morgan fingerprint density at radius 3 is 2.59 bits per heavy atom. The number of hydrogen-bond donors (Lipinski definition) is 0. The summed E-state index contributed by atoms with van der Waals surface area (Å²) >= 11 is 5.92. The summed E-state index contributed by atoms with van der Waals surface area (Å²) in [6.07, 6.45) is 0.765. The van der Waals surface area contributed by atoms with E-state index in [9.17, 15) is 4.79 Å². The summed E-state index contributed by atoms with van der Waals surface area (Å²) in [5.74, 6) is 2.04. The second kappa shape index (κ2) is 8.13. The zero-order valence-corrected chi connectivity index (χ0v) is 16.8. The molecule has 29 heavy (non-hydrogen) atoms. The molecule has 1 amide bonds. The predicted octanol–water partition coefficient (Wildman–Crippen LogP) is 4.04. The van der Waals surface area contributed by atoms with Crippen molar-refractivity contribution in [2.75, 3.05) is 27.3 Å². The van der Waals surface area contributed by atoms with Gasteiger partial charge >= 0.3 is 0 Å². The van der Waals surface area contributed by atoms with Crippen LogP contribution >= 0.6 is 11.6 Å². The second-order valence-electron chi connectivity index (χ2n) is 6.76. The number of nitrogens with zero attached hydrogens (tertiary/aromatic N) is 3. The van der Waals surface area contributed by atoms with Gasteiger partial charge in [0.15, 0.2) is 11.5 Å². The molecule has 0 bridgehead atoms. The average Bonchev–Trinajstić information content (AvgIpc) is 3.43. The molecular formula is C21H20ClN3O4. The van der Waals surface area contributed by atoms with Gasteiger partial charge in [0.1, 0.15) is 0 Å². The fourth-order valence-electron chi connectivity index (χ4n) is 3.41. The van der Waals surface area contributed by atoms with Gasteiger partial charge in [-0.1, -0.05) is 11.6 Å². The first-order chi connectivity index (χ1) is 14.1. The molecule has 4 rings (SSSR count). The van der Waals surface area contributed by atoms with Gasteiger partial charge in [-0.3, -0.25) is 4.79 Å². The predicted molar refractivity (Wildman–Crippen MR) is 108 cm³/mol. The minimum Gasteiger partial charge on any atom is -0.493 e. The number of ether oxygens (including phenoxy) is 2. The first-order valence-electron chi connectivity index (χ1n) is 9.19. The van der Waals surface area contributed by atoms with Crippen LogP contribution in [0.5, 0.6) is 11.5 Å². The molecule has 3 aromatic rings. The van der Waals surface area contributed by atoms with E-state index in [4.69, 9.17) is 25.5 Å². The molecule has 1 aromatic heterocycles. The van der Waals surface area contributed by atoms with Crippen molar-refractivity contribution in [1.82, 2.24) is 15.1 Å². The fraction of sp³-hybridized carbons (Fsp3) is 0.286. The Hall–Kier alpha value is -3.06. The summed E-state index contributed by atoms with van der Waals surface area (Å²) in [6, 6.07) is 12.4. The third-order valence-electron chi connectivity index (χ3n) is 4.99. The van der Waals surface area contributed by atoms with Crippen LogP contribution in [0.4, 0.5) is 0 Å². The molecule has 1 saturated heterocycles. The van der Waals surface area contributed by atoms with E-state index in [1.165, 1.54) is 0 Å². The van der Waals surface area contributed by atoms with Gasteiger partial charge in [-0.25, -0.2) is 0 Å². The van der Waals surface area contributed by atoms with Crippen LogP contribution in [-0.4, -0.2) is 48.3 Å². The quantitative estimate of drug-likeness (QED) is 0.628. The van der Waals surface area contributed by atoms with E-state index in [1.54, 1.807) is 49.5 Å². The van der Waals surface area contributed by atoms with E-state index in [0.717, 1.165) is 12.0 Å². The van der Waals surface area contributed by atoms with Crippen molar-refractivity contribution < 1.29 is 18.7 Å². The Kier molecular flexibility index (Phi) is 5.40. The van der Waals surface area contributed by atoms with E-state index >= 15 is 0 Å². The smallest absolute Gasteiger partial charge is 0.254 e. The molecule has 150 valence electrons. The van der Waals surface area contributed by atoms with E-state index in [1.807, 2.05) is 12.1 Å². The topological polar surface area (TPSA) is 77.7 Å². The number of amides is 1. The lowest BCUT2D eigenvalue weighted by Gasteiger charge is -2.17. The number of rotatable bonds is 5. The molecular weight excluding hydrogens is 394 g/mol. The van der Waals surface area contributed by atoms with E-state index < -0.39 is 0 Å². The Balaban J connectivity index is 1.47. The van der Waals surface area contributed by atoms with Crippen molar-refractivity contribution in [2.24, 2.45) is 0 Å². The maximum absolute atomic E-state index is 12.9. The highest BCUT2D eigenvalue weighted by atomic mass is 35.5. The Labute approximate surface area is 173 Å². The van der Waals surface area contributed by atoms with E-state index in [-0.39, 0.29) is 11.8 Å². The van der Waals surface area contributed by atoms with Crippen LogP contribution < -0.4 is 9.47 Å². The van der Waals surface area contributed by atoms with Gasteiger partial charge in [-0.05, 0) is 48.9 Å². The molecule has 1 fully saturated rings. The normalized spacial score (nSPS) is 16.1. The Bertz CT molecular complexity index is 1020. The van der Waals surface area contributed by atoms with Crippen LogP contribution in [0.1, 0.15) is 28.6 Å². The van der Waals surface area contributed by atoms with Crippen molar-refractivity contribution in [3.8, 4) is 23.0 Å². The summed E-state index contributed by atoms with van der Waals surface area (Å²) in [6.45, 7) is 1.14. The van der Waals surface area contributed by atoms with Crippen molar-refractivity contribution in [1.29, 1.82) is 0 Å². The first-order valence-corrected chi connectivity index (χ1v) is 9.57. The number of aromatic nitrogens is 2. The van der Waals surface area contributed by atoms with Crippen molar-refractivity contribution in [3.05, 3.63) is 58.9 Å². The number of hydrogen-bond acceptors (Lipinski definition) is 6. The van der Waals surface area contributed by atoms with Gasteiger partial charge in [0.05, 0.1) is 20.1 Å². The summed E-state index contributed by atoms with van der Waals surface area (Å²) in [5.41, 5.74) is 1.36. The van der Waals surface area contributed by atoms with Gasteiger partial charge < -0.3 is 18.8 Å². The van der Waals surface area contributed by atoms with Crippen LogP contribution in [-0.2, 0) is 0 Å². The maximum atomic E-state index is 12.9. The largest absolute Gasteiger partial charge is 0.493 e. The zero-order valence-electron chi connectivity index (χ0n) is 16.1. The number of likely N-dealkylation sites (tertiary alicyclic amines) is 1. The number of carbonyl (C=O) groups is 1. The number of benzene rings is 2. The molecule has 8 heteroatoms. The van der Waals surface area contributed by atoms with Gasteiger partial charge in [0, 0.05) is 29.2 Å². The van der Waals surface area contributed by atoms with Gasteiger partial charge in [0.25, 0.3) is 5.91 Å². The lowest BCUT2D eigenvalue weighted by molar-refractivity contribution is 0.0789. The maximum Gasteiger partial charge on any atom is 0.254 e. The van der Waals surface area contributed by atoms with Crippen molar-refractivity contribution >= 4 is 17.5 Å². The lowest BCUT2D eigenvalue weighted by Crippen LogP contribution is -2.28. The molecule has 1 aliphatic heterocycles. The Morgan fingerprint density at radius 2 is 1.86 bits per heavy atom. The van der Waals surface area contributed by atoms with E-state index in [2.05, 4.69) is 10.2 Å². The second-order valence-corrected chi connectivity index (χ2v) is 7.20. The number of halogens is 1. The third-order valence-corrected chi connectivity index (χ3v) is 5.24. The number of carbonyl (C=O) groups excluding carboxylic acids is 1. The molecule has 1 atom stereocenters. The van der Waals surface area contributed by atoms with Crippen molar-refractivity contribution in [2.45, 2.75) is 12.3 Å². The molecule has 0 spiro atoms. The SMILES string of the molecule is COc1ccc(C(=O)N2CCC(c3nnc(-c4ccc(Cl)cc4)o3)C2)cc1OC. The summed E-state index contributed by atoms with van der Waals surface area (Å²) in [7, 11) is 3.11. The van der Waals surface area contributed by atoms with Crippen LogP contribution in [0, 0.1) is 0 Å². The van der Waals surface area contributed by atoms with Crippen LogP contribution in [0.15, 0.2) is 46.9 Å². The third kappa shape index (κ3) is 3.91. The molecule has 0 saturated carbocycles. The molecule has 1 unspecified atom stereocenters. The molecule has 0 N–H and O–H groups in total. The minimum absolute atomic E-state index is 0.00708. The highest BCUT2D eigenvalue weighted by Gasteiger charge is 2.31. The molecule has 0 radical (unpaired) electrons.